The highest BCUT2D eigenvalue weighted by atomic mass is 35.5. The lowest BCUT2D eigenvalue weighted by molar-refractivity contribution is -0.139. The number of piperazine rings is 1. The first kappa shape index (κ1) is 28.1. The number of amides is 2. The van der Waals surface area contributed by atoms with Gasteiger partial charge in [0.1, 0.15) is 0 Å². The fraction of sp³-hybridized carbons (Fsp3) is 0.407. The van der Waals surface area contributed by atoms with Gasteiger partial charge in [0.25, 0.3) is 0 Å². The Balaban J connectivity index is 1.62. The van der Waals surface area contributed by atoms with E-state index in [4.69, 9.17) is 16.3 Å². The van der Waals surface area contributed by atoms with Crippen LogP contribution >= 0.6 is 11.6 Å². The Morgan fingerprint density at radius 1 is 1.05 bits per heavy atom. The summed E-state index contributed by atoms with van der Waals surface area (Å²) in [5.41, 5.74) is 2.76. The van der Waals surface area contributed by atoms with E-state index in [9.17, 15) is 18.0 Å². The van der Waals surface area contributed by atoms with Crippen molar-refractivity contribution in [3.05, 3.63) is 76.0 Å². The number of esters is 1. The van der Waals surface area contributed by atoms with Crippen LogP contribution in [0.15, 0.2) is 64.7 Å². The largest absolute Gasteiger partial charge is 0.463 e. The minimum Gasteiger partial charge on any atom is -0.463 e. The summed E-state index contributed by atoms with van der Waals surface area (Å²) in [5, 5.41) is 3.47. The quantitative estimate of drug-likeness (QED) is 0.496. The maximum atomic E-state index is 13.3. The average Bonchev–Trinajstić information content (AvgIpc) is 2.89. The van der Waals surface area contributed by atoms with Crippen molar-refractivity contribution in [2.75, 3.05) is 45.9 Å². The number of sulfonamides is 1. The molecule has 0 saturated carbocycles. The van der Waals surface area contributed by atoms with E-state index in [1.807, 2.05) is 38.1 Å². The van der Waals surface area contributed by atoms with Crippen LogP contribution < -0.4 is 5.32 Å². The molecule has 1 N–H and O–H groups in total. The van der Waals surface area contributed by atoms with Gasteiger partial charge in [0, 0.05) is 50.0 Å². The van der Waals surface area contributed by atoms with Gasteiger partial charge in [0.05, 0.1) is 23.1 Å². The predicted octanol–water partition coefficient (Wildman–Crippen LogP) is 3.56. The summed E-state index contributed by atoms with van der Waals surface area (Å²) in [5.74, 6) is -0.474. The number of ether oxygens (including phenoxy) is 1. The number of halogens is 1. The summed E-state index contributed by atoms with van der Waals surface area (Å²) >= 11 is 5.92. The molecule has 2 aliphatic heterocycles. The first-order valence-corrected chi connectivity index (χ1v) is 14.5. The lowest BCUT2D eigenvalue weighted by atomic mass is 9.91. The van der Waals surface area contributed by atoms with E-state index in [2.05, 4.69) is 10.2 Å². The van der Waals surface area contributed by atoms with Crippen LogP contribution in [0.5, 0.6) is 0 Å². The molecule has 0 bridgehead atoms. The number of urea groups is 1. The zero-order valence-corrected chi connectivity index (χ0v) is 23.4. The number of likely N-dealkylation sites (N-methyl/N-ethyl adjacent to an activating group) is 1. The van der Waals surface area contributed by atoms with Gasteiger partial charge in [-0.15, -0.1) is 0 Å². The summed E-state index contributed by atoms with van der Waals surface area (Å²) in [6, 6.07) is 12.8. The van der Waals surface area contributed by atoms with Crippen LogP contribution in [0.2, 0.25) is 5.02 Å². The van der Waals surface area contributed by atoms with Crippen LogP contribution in [0.25, 0.3) is 0 Å². The van der Waals surface area contributed by atoms with Crippen LogP contribution in [0.1, 0.15) is 31.0 Å². The standard InChI is InChI=1S/C27H33ClN4O5S/c1-4-32-23(18-30-14-16-31(17-15-30)38(35,36)21-12-10-20(28)11-13-21)24(26(33)37-5-2)25(29-27(32)34)22-9-7-6-8-19(22)3/h6-13,25H,4-5,14-18H2,1-3H3,(H,29,34). The zero-order valence-electron chi connectivity index (χ0n) is 21.8. The zero-order chi connectivity index (χ0) is 27.4. The van der Waals surface area contributed by atoms with Crippen molar-refractivity contribution in [1.29, 1.82) is 0 Å². The van der Waals surface area contributed by atoms with Crippen molar-refractivity contribution in [3.8, 4) is 0 Å². The molecule has 2 aromatic rings. The molecule has 2 aromatic carbocycles. The number of carbonyl (C=O) groups excluding carboxylic acids is 2. The van der Waals surface area contributed by atoms with E-state index in [0.717, 1.165) is 11.1 Å². The minimum absolute atomic E-state index is 0.199. The topological polar surface area (TPSA) is 99.3 Å². The van der Waals surface area contributed by atoms with Gasteiger partial charge in [-0.25, -0.2) is 18.0 Å². The van der Waals surface area contributed by atoms with E-state index in [0.29, 0.717) is 42.5 Å². The molecule has 204 valence electrons. The second kappa shape index (κ2) is 11.9. The van der Waals surface area contributed by atoms with Crippen LogP contribution in [0.3, 0.4) is 0 Å². The number of rotatable bonds is 8. The van der Waals surface area contributed by atoms with Crippen LogP contribution in [0, 0.1) is 6.92 Å². The maximum Gasteiger partial charge on any atom is 0.338 e. The molecule has 0 aromatic heterocycles. The fourth-order valence-corrected chi connectivity index (χ4v) is 6.45. The molecule has 0 radical (unpaired) electrons. The van der Waals surface area contributed by atoms with E-state index in [1.54, 1.807) is 24.0 Å². The molecule has 2 heterocycles. The molecule has 2 aliphatic rings. The number of hydrogen-bond acceptors (Lipinski definition) is 6. The van der Waals surface area contributed by atoms with E-state index in [1.165, 1.54) is 16.4 Å². The van der Waals surface area contributed by atoms with Crippen molar-refractivity contribution in [2.45, 2.75) is 31.7 Å². The highest BCUT2D eigenvalue weighted by molar-refractivity contribution is 7.89. The number of carbonyl (C=O) groups is 2. The molecule has 0 aliphatic carbocycles. The number of nitrogens with zero attached hydrogens (tertiary/aromatic N) is 3. The maximum absolute atomic E-state index is 13.3. The van der Waals surface area contributed by atoms with Crippen LogP contribution in [0.4, 0.5) is 4.79 Å². The SMILES string of the molecule is CCOC(=O)C1=C(CN2CCN(S(=O)(=O)c3ccc(Cl)cc3)CC2)N(CC)C(=O)NC1c1ccccc1C. The Hall–Kier alpha value is -2.92. The first-order chi connectivity index (χ1) is 18.2. The van der Waals surface area contributed by atoms with Gasteiger partial charge in [-0.2, -0.15) is 4.31 Å². The monoisotopic (exact) mass is 560 g/mol. The second-order valence-electron chi connectivity index (χ2n) is 9.20. The van der Waals surface area contributed by atoms with E-state index in [-0.39, 0.29) is 30.6 Å². The van der Waals surface area contributed by atoms with Gasteiger partial charge < -0.3 is 10.1 Å². The highest BCUT2D eigenvalue weighted by Gasteiger charge is 2.39. The molecular weight excluding hydrogens is 528 g/mol. The lowest BCUT2D eigenvalue weighted by Crippen LogP contribution is -2.53. The normalized spacial score (nSPS) is 19.4. The molecule has 11 heteroatoms. The van der Waals surface area contributed by atoms with Gasteiger partial charge in [-0.1, -0.05) is 35.9 Å². The van der Waals surface area contributed by atoms with Gasteiger partial charge in [-0.3, -0.25) is 9.80 Å². The Morgan fingerprint density at radius 2 is 1.71 bits per heavy atom. The Bertz CT molecular complexity index is 1320. The molecule has 38 heavy (non-hydrogen) atoms. The van der Waals surface area contributed by atoms with Crippen molar-refractivity contribution in [1.82, 2.24) is 19.4 Å². The van der Waals surface area contributed by atoms with E-state index < -0.39 is 22.0 Å². The average molecular weight is 561 g/mol. The summed E-state index contributed by atoms with van der Waals surface area (Å²) in [6.45, 7) is 7.89. The number of hydrogen-bond donors (Lipinski definition) is 1. The Morgan fingerprint density at radius 3 is 2.32 bits per heavy atom. The summed E-state index contributed by atoms with van der Waals surface area (Å²) in [6.07, 6.45) is 0. The third-order valence-electron chi connectivity index (χ3n) is 6.91. The Labute approximate surface area is 229 Å². The lowest BCUT2D eigenvalue weighted by Gasteiger charge is -2.40. The fourth-order valence-electron chi connectivity index (χ4n) is 4.90. The molecule has 1 unspecified atom stereocenters. The summed E-state index contributed by atoms with van der Waals surface area (Å²) < 4.78 is 33.1. The molecule has 1 atom stereocenters. The third kappa shape index (κ3) is 5.73. The van der Waals surface area contributed by atoms with Crippen molar-refractivity contribution >= 4 is 33.6 Å². The molecule has 0 spiro atoms. The first-order valence-electron chi connectivity index (χ1n) is 12.7. The number of aryl methyl sites for hydroxylation is 1. The van der Waals surface area contributed by atoms with E-state index >= 15 is 0 Å². The van der Waals surface area contributed by atoms with Crippen molar-refractivity contribution in [2.24, 2.45) is 0 Å². The summed E-state index contributed by atoms with van der Waals surface area (Å²) in [4.78, 5) is 30.3. The minimum atomic E-state index is -3.65. The van der Waals surface area contributed by atoms with Gasteiger partial charge >= 0.3 is 12.0 Å². The molecule has 9 nitrogen and oxygen atoms in total. The van der Waals surface area contributed by atoms with Crippen LogP contribution in [-0.2, 0) is 19.6 Å². The number of benzene rings is 2. The van der Waals surface area contributed by atoms with Gasteiger partial charge in [-0.05, 0) is 56.2 Å². The molecule has 4 rings (SSSR count). The molecule has 1 saturated heterocycles. The smallest absolute Gasteiger partial charge is 0.338 e. The molecule has 2 amide bonds. The molecule has 1 fully saturated rings. The predicted molar refractivity (Wildman–Crippen MR) is 145 cm³/mol. The van der Waals surface area contributed by atoms with Crippen molar-refractivity contribution in [3.63, 3.8) is 0 Å². The Kier molecular flexibility index (Phi) is 8.77. The third-order valence-corrected chi connectivity index (χ3v) is 9.07. The highest BCUT2D eigenvalue weighted by Crippen LogP contribution is 2.33. The summed E-state index contributed by atoms with van der Waals surface area (Å²) in [7, 11) is -3.65. The second-order valence-corrected chi connectivity index (χ2v) is 11.6. The van der Waals surface area contributed by atoms with Gasteiger partial charge in [0.15, 0.2) is 0 Å². The van der Waals surface area contributed by atoms with Gasteiger partial charge in [0.2, 0.25) is 10.0 Å². The number of nitrogens with one attached hydrogen (secondary N) is 1. The van der Waals surface area contributed by atoms with Crippen molar-refractivity contribution < 1.29 is 22.7 Å². The molecular formula is C27H33ClN4O5S. The van der Waals surface area contributed by atoms with Crippen LogP contribution in [-0.4, -0.2) is 80.4 Å².